The van der Waals surface area contributed by atoms with Crippen LogP contribution in [0.25, 0.3) is 0 Å². The van der Waals surface area contributed by atoms with Gasteiger partial charge in [0.25, 0.3) is 0 Å². The van der Waals surface area contributed by atoms with Gasteiger partial charge in [0.1, 0.15) is 5.82 Å². The number of likely N-dealkylation sites (N-methyl/N-ethyl adjacent to an activating group) is 2. The molecule has 0 unspecified atom stereocenters. The molecule has 0 bridgehead atoms. The Morgan fingerprint density at radius 3 is 2.71 bits per heavy atom. The molecule has 0 aliphatic carbocycles. The number of carbonyl (C=O) groups excluding carboxylic acids is 2. The van der Waals surface area contributed by atoms with Crippen LogP contribution in [0.4, 0.5) is 26.2 Å². The molecular formula is C26H34F2N8O2. The van der Waals surface area contributed by atoms with Gasteiger partial charge in [0.15, 0.2) is 0 Å². The zero-order valence-electron chi connectivity index (χ0n) is 21.9. The summed E-state index contributed by atoms with van der Waals surface area (Å²) < 4.78 is 25.9. The first-order valence-corrected chi connectivity index (χ1v) is 12.2. The highest BCUT2D eigenvalue weighted by molar-refractivity contribution is 5.91. The highest BCUT2D eigenvalue weighted by Gasteiger charge is 2.10. The number of unbranched alkanes of at least 4 members (excludes halogenated alkanes) is 1. The molecule has 0 spiro atoms. The molecule has 10 nitrogen and oxygen atoms in total. The number of rotatable bonds is 14. The van der Waals surface area contributed by atoms with E-state index in [2.05, 4.69) is 42.7 Å². The minimum atomic E-state index is -0.636. The van der Waals surface area contributed by atoms with Gasteiger partial charge in [-0.25, -0.2) is 9.97 Å². The van der Waals surface area contributed by atoms with Crippen molar-refractivity contribution in [3.63, 3.8) is 0 Å². The lowest BCUT2D eigenvalue weighted by molar-refractivity contribution is -0.131. The van der Waals surface area contributed by atoms with Crippen LogP contribution in [-0.2, 0) is 9.59 Å². The molecule has 0 atom stereocenters. The largest absolute Gasteiger partial charge is 0.369 e. The van der Waals surface area contributed by atoms with E-state index in [1.54, 1.807) is 19.2 Å². The van der Waals surface area contributed by atoms with Gasteiger partial charge < -0.3 is 25.8 Å². The van der Waals surface area contributed by atoms with E-state index in [-0.39, 0.29) is 24.3 Å². The fourth-order valence-electron chi connectivity index (χ4n) is 2.95. The average molecular weight is 529 g/mol. The molecule has 2 rings (SSSR count). The van der Waals surface area contributed by atoms with Gasteiger partial charge >= 0.3 is 0 Å². The Balaban J connectivity index is 1.85. The Bertz CT molecular complexity index is 1150. The third kappa shape index (κ3) is 11.7. The van der Waals surface area contributed by atoms with E-state index in [0.29, 0.717) is 56.0 Å². The summed E-state index contributed by atoms with van der Waals surface area (Å²) in [7, 11) is 5.38. The number of alkyl halides is 1. The second-order valence-corrected chi connectivity index (χ2v) is 8.53. The topological polar surface area (TPSA) is 115 Å². The smallest absolute Gasteiger partial charge is 0.246 e. The molecule has 2 aromatic rings. The van der Waals surface area contributed by atoms with Crippen LogP contribution in [0.5, 0.6) is 0 Å². The Hall–Kier alpha value is -4.11. The molecule has 12 heteroatoms. The molecule has 0 aliphatic rings. The number of halogens is 2. The molecule has 0 fully saturated rings. The fourth-order valence-corrected chi connectivity index (χ4v) is 2.95. The number of carbonyl (C=O) groups is 2. The van der Waals surface area contributed by atoms with Gasteiger partial charge in [-0.15, -0.1) is 0 Å². The Morgan fingerprint density at radius 2 is 1.97 bits per heavy atom. The minimum absolute atomic E-state index is 0.0332. The van der Waals surface area contributed by atoms with E-state index >= 15 is 0 Å². The number of pyridine rings is 1. The molecule has 2 amide bonds. The Morgan fingerprint density at radius 1 is 1.16 bits per heavy atom. The quantitative estimate of drug-likeness (QED) is 0.148. The van der Waals surface area contributed by atoms with Crippen LogP contribution in [0.2, 0.25) is 0 Å². The molecule has 0 saturated heterocycles. The first-order chi connectivity index (χ1) is 18.3. The highest BCUT2D eigenvalue weighted by atomic mass is 19.1. The van der Waals surface area contributed by atoms with Gasteiger partial charge in [0, 0.05) is 57.1 Å². The van der Waals surface area contributed by atoms with Crippen LogP contribution < -0.4 is 16.0 Å². The van der Waals surface area contributed by atoms with Crippen LogP contribution in [0.15, 0.2) is 36.7 Å². The molecule has 38 heavy (non-hydrogen) atoms. The standard InChI is InChI=1S/C26H34F2N8O2/c1-35(2)16-7-10-24(38)36(3)19-23(37)30-13-6-4-5-9-20-18-32-26(34-25(20)31-14-8-12-27)33-21-11-15-29-22(28)17-21/h7,10-11,15,17-18H,4,6,8,12-14,16,19H2,1-3H3,(H,30,37)(H2,29,31,32,33,34)/b10-7+. The number of anilines is 3. The van der Waals surface area contributed by atoms with Gasteiger partial charge in [-0.3, -0.25) is 14.0 Å². The van der Waals surface area contributed by atoms with Crippen molar-refractivity contribution in [2.75, 3.05) is 64.6 Å². The molecule has 2 heterocycles. The second-order valence-electron chi connectivity index (χ2n) is 8.53. The lowest BCUT2D eigenvalue weighted by Gasteiger charge is -2.14. The number of hydrogen-bond donors (Lipinski definition) is 3. The summed E-state index contributed by atoms with van der Waals surface area (Å²) >= 11 is 0. The first-order valence-electron chi connectivity index (χ1n) is 12.2. The molecule has 204 valence electrons. The summed E-state index contributed by atoms with van der Waals surface area (Å²) in [6.45, 7) is 0.912. The molecule has 0 aliphatic heterocycles. The summed E-state index contributed by atoms with van der Waals surface area (Å²) in [5.74, 6) is 5.55. The van der Waals surface area contributed by atoms with Crippen LogP contribution in [0, 0.1) is 17.8 Å². The summed E-state index contributed by atoms with van der Waals surface area (Å²) in [5, 5.41) is 8.72. The van der Waals surface area contributed by atoms with Crippen molar-refractivity contribution in [2.45, 2.75) is 19.3 Å². The van der Waals surface area contributed by atoms with Gasteiger partial charge in [-0.2, -0.15) is 9.37 Å². The minimum Gasteiger partial charge on any atom is -0.369 e. The van der Waals surface area contributed by atoms with Crippen LogP contribution in [-0.4, -0.2) is 90.6 Å². The van der Waals surface area contributed by atoms with Crippen LogP contribution in [0.3, 0.4) is 0 Å². The lowest BCUT2D eigenvalue weighted by atomic mass is 10.2. The van der Waals surface area contributed by atoms with Crippen molar-refractivity contribution in [3.8, 4) is 11.8 Å². The summed E-state index contributed by atoms with van der Waals surface area (Å²) in [6, 6.07) is 2.79. The Labute approximate surface area is 221 Å². The maximum Gasteiger partial charge on any atom is 0.246 e. The molecule has 0 radical (unpaired) electrons. The summed E-state index contributed by atoms with van der Waals surface area (Å²) in [6.07, 6.45) is 7.47. The first kappa shape index (κ1) is 30.1. The number of aromatic nitrogens is 3. The fraction of sp³-hybridized carbons (Fsp3) is 0.423. The van der Waals surface area contributed by atoms with Gasteiger partial charge in [0.05, 0.1) is 25.0 Å². The van der Waals surface area contributed by atoms with E-state index in [1.165, 1.54) is 29.4 Å². The predicted molar refractivity (Wildman–Crippen MR) is 143 cm³/mol. The third-order valence-electron chi connectivity index (χ3n) is 4.89. The van der Waals surface area contributed by atoms with E-state index in [4.69, 9.17) is 0 Å². The highest BCUT2D eigenvalue weighted by Crippen LogP contribution is 2.17. The second kappa shape index (κ2) is 16.6. The van der Waals surface area contributed by atoms with Crippen molar-refractivity contribution in [1.29, 1.82) is 0 Å². The molecule has 0 aromatic carbocycles. The zero-order chi connectivity index (χ0) is 27.8. The van der Waals surface area contributed by atoms with Crippen molar-refractivity contribution in [2.24, 2.45) is 0 Å². The van der Waals surface area contributed by atoms with Crippen LogP contribution >= 0.6 is 0 Å². The van der Waals surface area contributed by atoms with Gasteiger partial charge in [-0.05, 0) is 33.0 Å². The van der Waals surface area contributed by atoms with E-state index in [0.717, 1.165) is 0 Å². The number of amides is 2. The zero-order valence-corrected chi connectivity index (χ0v) is 21.9. The maximum atomic E-state index is 13.3. The summed E-state index contributed by atoms with van der Waals surface area (Å²) in [5.41, 5.74) is 0.964. The SMILES string of the molecule is CN(C)C/C=C/C(=O)N(C)CC(=O)NCCCC#Cc1cnc(Nc2ccnc(F)c2)nc1NCCCF. The number of hydrogen-bond acceptors (Lipinski definition) is 8. The third-order valence-corrected chi connectivity index (χ3v) is 4.89. The monoisotopic (exact) mass is 528 g/mol. The number of nitrogens with one attached hydrogen (secondary N) is 3. The Kier molecular flexibility index (Phi) is 13.2. The van der Waals surface area contributed by atoms with Crippen molar-refractivity contribution in [1.82, 2.24) is 30.1 Å². The molecular weight excluding hydrogens is 494 g/mol. The van der Waals surface area contributed by atoms with Crippen LogP contribution in [0.1, 0.15) is 24.8 Å². The van der Waals surface area contributed by atoms with E-state index < -0.39 is 12.6 Å². The van der Waals surface area contributed by atoms with Gasteiger partial charge in [-0.1, -0.05) is 17.9 Å². The molecule has 2 aromatic heterocycles. The van der Waals surface area contributed by atoms with E-state index in [9.17, 15) is 18.4 Å². The van der Waals surface area contributed by atoms with Crippen molar-refractivity contribution in [3.05, 3.63) is 48.2 Å². The summed E-state index contributed by atoms with van der Waals surface area (Å²) in [4.78, 5) is 39.5. The predicted octanol–water partition coefficient (Wildman–Crippen LogP) is 2.35. The van der Waals surface area contributed by atoms with E-state index in [1.807, 2.05) is 19.0 Å². The maximum absolute atomic E-state index is 13.3. The molecule has 3 N–H and O–H groups in total. The van der Waals surface area contributed by atoms with Crippen molar-refractivity contribution < 1.29 is 18.4 Å². The lowest BCUT2D eigenvalue weighted by Crippen LogP contribution is -2.38. The average Bonchev–Trinajstić information content (AvgIpc) is 2.87. The molecule has 0 saturated carbocycles. The van der Waals surface area contributed by atoms with Crippen molar-refractivity contribution >= 4 is 29.3 Å². The van der Waals surface area contributed by atoms with Gasteiger partial charge in [0.2, 0.25) is 23.7 Å². The number of nitrogens with zero attached hydrogens (tertiary/aromatic N) is 5. The normalized spacial score (nSPS) is 10.7.